The number of rotatable bonds is 17. The summed E-state index contributed by atoms with van der Waals surface area (Å²) in [6, 6.07) is 8.84. The third-order valence-corrected chi connectivity index (χ3v) is 4.52. The van der Waals surface area contributed by atoms with Gasteiger partial charge in [0.05, 0.1) is 0 Å². The molecule has 0 aliphatic carbocycles. The van der Waals surface area contributed by atoms with E-state index in [2.05, 4.69) is 19.2 Å². The first-order valence-electron chi connectivity index (χ1n) is 11.3. The van der Waals surface area contributed by atoms with Crippen LogP contribution in [0.2, 0.25) is 0 Å². The molecular formula is C24H43NO3. The van der Waals surface area contributed by atoms with Crippen molar-refractivity contribution in [2.24, 2.45) is 0 Å². The molecule has 162 valence electrons. The number of nitrogens with one attached hydrogen (secondary N) is 1. The van der Waals surface area contributed by atoms with Crippen LogP contribution in [0.4, 0.5) is 0 Å². The third-order valence-electron chi connectivity index (χ3n) is 4.52. The highest BCUT2D eigenvalue weighted by atomic mass is 16.5. The van der Waals surface area contributed by atoms with E-state index in [0.717, 1.165) is 0 Å². The second kappa shape index (κ2) is 21.7. The van der Waals surface area contributed by atoms with E-state index in [1.807, 2.05) is 6.07 Å². The molecule has 28 heavy (non-hydrogen) atoms. The number of benzene rings is 1. The van der Waals surface area contributed by atoms with Crippen LogP contribution in [-0.2, 0) is 4.79 Å². The summed E-state index contributed by atoms with van der Waals surface area (Å²) in [5.41, 5.74) is 0. The van der Waals surface area contributed by atoms with Gasteiger partial charge in [-0.05, 0) is 38.1 Å². The van der Waals surface area contributed by atoms with Gasteiger partial charge in [-0.1, -0.05) is 96.3 Å². The Labute approximate surface area is 173 Å². The quantitative estimate of drug-likeness (QED) is 0.299. The van der Waals surface area contributed by atoms with Gasteiger partial charge in [0.1, 0.15) is 5.75 Å². The van der Waals surface area contributed by atoms with Crippen LogP contribution in [0.15, 0.2) is 30.3 Å². The predicted octanol–water partition coefficient (Wildman–Crippen LogP) is 6.45. The van der Waals surface area contributed by atoms with Gasteiger partial charge in [-0.15, -0.1) is 0 Å². The standard InChI is InChI=1S/C16H35N.C8H8O3/c1-3-5-7-9-11-13-15-17-16-14-12-10-8-6-4-2;9-8(10)6-11-7-4-2-1-3-5-7/h17H,3-16H2,1-2H3;1-5H,6H2,(H,9,10). The fourth-order valence-corrected chi connectivity index (χ4v) is 2.85. The Hall–Kier alpha value is -1.55. The molecule has 0 aromatic heterocycles. The van der Waals surface area contributed by atoms with Crippen LogP contribution >= 0.6 is 0 Å². The molecule has 0 atom stereocenters. The minimum absolute atomic E-state index is 0.288. The first-order chi connectivity index (χ1) is 13.7. The lowest BCUT2D eigenvalue weighted by Gasteiger charge is -2.04. The lowest BCUT2D eigenvalue weighted by Crippen LogP contribution is -2.16. The summed E-state index contributed by atoms with van der Waals surface area (Å²) in [5, 5.41) is 11.8. The molecule has 0 aliphatic rings. The average molecular weight is 394 g/mol. The van der Waals surface area contributed by atoms with Crippen LogP contribution in [-0.4, -0.2) is 30.8 Å². The summed E-state index contributed by atoms with van der Waals surface area (Å²) in [6.45, 7) is 6.75. The van der Waals surface area contributed by atoms with E-state index in [1.165, 1.54) is 90.1 Å². The first-order valence-corrected chi connectivity index (χ1v) is 11.3. The van der Waals surface area contributed by atoms with Gasteiger partial charge in [0.15, 0.2) is 6.61 Å². The Bertz CT molecular complexity index is 423. The number of unbranched alkanes of at least 4 members (excludes halogenated alkanes) is 10. The Balaban J connectivity index is 0.000000567. The number of carboxylic acid groups (broad SMARTS) is 1. The van der Waals surface area contributed by atoms with Crippen molar-refractivity contribution in [3.05, 3.63) is 30.3 Å². The van der Waals surface area contributed by atoms with Gasteiger partial charge in [0, 0.05) is 0 Å². The molecule has 0 bridgehead atoms. The second-order valence-electron chi connectivity index (χ2n) is 7.28. The number of aliphatic carboxylic acids is 1. The van der Waals surface area contributed by atoms with Crippen molar-refractivity contribution >= 4 is 5.97 Å². The van der Waals surface area contributed by atoms with Crippen LogP contribution in [0.5, 0.6) is 5.75 Å². The summed E-state index contributed by atoms with van der Waals surface area (Å²) < 4.78 is 4.87. The summed E-state index contributed by atoms with van der Waals surface area (Å²) in [7, 11) is 0. The SMILES string of the molecule is CCCCCCCCNCCCCCCCC.O=C(O)COc1ccccc1. The van der Waals surface area contributed by atoms with E-state index in [0.29, 0.717) is 5.75 Å². The highest BCUT2D eigenvalue weighted by Gasteiger charge is 1.96. The molecule has 0 aliphatic heterocycles. The molecule has 0 radical (unpaired) electrons. The molecule has 1 aromatic rings. The molecule has 2 N–H and O–H groups in total. The van der Waals surface area contributed by atoms with E-state index in [-0.39, 0.29) is 6.61 Å². The minimum Gasteiger partial charge on any atom is -0.482 e. The zero-order valence-corrected chi connectivity index (χ0v) is 18.3. The van der Waals surface area contributed by atoms with E-state index < -0.39 is 5.97 Å². The molecule has 0 amide bonds. The normalized spacial score (nSPS) is 10.2. The highest BCUT2D eigenvalue weighted by Crippen LogP contribution is 2.07. The molecule has 0 saturated carbocycles. The molecule has 1 rings (SSSR count). The average Bonchev–Trinajstić information content (AvgIpc) is 2.71. The van der Waals surface area contributed by atoms with Crippen LogP contribution < -0.4 is 10.1 Å². The second-order valence-corrected chi connectivity index (χ2v) is 7.28. The largest absolute Gasteiger partial charge is 0.482 e. The van der Waals surface area contributed by atoms with Crippen molar-refractivity contribution in [1.82, 2.24) is 5.32 Å². The molecule has 4 heteroatoms. The van der Waals surface area contributed by atoms with Crippen LogP contribution in [0.1, 0.15) is 90.9 Å². The van der Waals surface area contributed by atoms with E-state index in [4.69, 9.17) is 9.84 Å². The van der Waals surface area contributed by atoms with E-state index in [9.17, 15) is 4.79 Å². The summed E-state index contributed by atoms with van der Waals surface area (Å²) >= 11 is 0. The number of para-hydroxylation sites is 1. The van der Waals surface area contributed by atoms with E-state index in [1.54, 1.807) is 24.3 Å². The fourth-order valence-electron chi connectivity index (χ4n) is 2.85. The molecular weight excluding hydrogens is 350 g/mol. The van der Waals surface area contributed by atoms with Gasteiger partial charge in [-0.2, -0.15) is 0 Å². The lowest BCUT2D eigenvalue weighted by atomic mass is 10.1. The molecule has 0 unspecified atom stereocenters. The van der Waals surface area contributed by atoms with Crippen molar-refractivity contribution < 1.29 is 14.6 Å². The lowest BCUT2D eigenvalue weighted by molar-refractivity contribution is -0.139. The van der Waals surface area contributed by atoms with Crippen LogP contribution in [0.25, 0.3) is 0 Å². The monoisotopic (exact) mass is 393 g/mol. The van der Waals surface area contributed by atoms with Crippen molar-refractivity contribution in [2.45, 2.75) is 90.9 Å². The van der Waals surface area contributed by atoms with Crippen molar-refractivity contribution in [1.29, 1.82) is 0 Å². The van der Waals surface area contributed by atoms with Crippen molar-refractivity contribution in [2.75, 3.05) is 19.7 Å². The maximum absolute atomic E-state index is 10.0. The Morgan fingerprint density at radius 2 is 1.25 bits per heavy atom. The molecule has 0 spiro atoms. The van der Waals surface area contributed by atoms with Crippen molar-refractivity contribution in [3.8, 4) is 5.75 Å². The fraction of sp³-hybridized carbons (Fsp3) is 0.708. The molecule has 0 fully saturated rings. The van der Waals surface area contributed by atoms with Crippen LogP contribution in [0, 0.1) is 0 Å². The summed E-state index contributed by atoms with van der Waals surface area (Å²) in [6.07, 6.45) is 16.9. The number of carbonyl (C=O) groups is 1. The van der Waals surface area contributed by atoms with Crippen LogP contribution in [0.3, 0.4) is 0 Å². The molecule has 1 aromatic carbocycles. The number of hydrogen-bond acceptors (Lipinski definition) is 3. The topological polar surface area (TPSA) is 58.6 Å². The number of ether oxygens (including phenoxy) is 1. The predicted molar refractivity (Wildman–Crippen MR) is 119 cm³/mol. The van der Waals surface area contributed by atoms with Gasteiger partial charge in [-0.3, -0.25) is 0 Å². The Kier molecular flexibility index (Phi) is 20.5. The molecule has 0 heterocycles. The first kappa shape index (κ1) is 26.4. The van der Waals surface area contributed by atoms with Crippen molar-refractivity contribution in [3.63, 3.8) is 0 Å². The van der Waals surface area contributed by atoms with Gasteiger partial charge in [0.25, 0.3) is 0 Å². The maximum Gasteiger partial charge on any atom is 0.341 e. The highest BCUT2D eigenvalue weighted by molar-refractivity contribution is 5.68. The van der Waals surface area contributed by atoms with Gasteiger partial charge in [-0.25, -0.2) is 4.79 Å². The Morgan fingerprint density at radius 3 is 1.71 bits per heavy atom. The molecule has 4 nitrogen and oxygen atoms in total. The zero-order chi connectivity index (χ0) is 20.7. The maximum atomic E-state index is 10.0. The van der Waals surface area contributed by atoms with Gasteiger partial charge < -0.3 is 15.2 Å². The summed E-state index contributed by atoms with van der Waals surface area (Å²) in [4.78, 5) is 10.0. The molecule has 0 saturated heterocycles. The van der Waals surface area contributed by atoms with Gasteiger partial charge in [0.2, 0.25) is 0 Å². The smallest absolute Gasteiger partial charge is 0.341 e. The number of hydrogen-bond donors (Lipinski definition) is 2. The summed E-state index contributed by atoms with van der Waals surface area (Å²) in [5.74, 6) is -0.385. The third kappa shape index (κ3) is 20.8. The number of carboxylic acids is 1. The van der Waals surface area contributed by atoms with E-state index >= 15 is 0 Å². The Morgan fingerprint density at radius 1 is 0.786 bits per heavy atom. The minimum atomic E-state index is -0.964. The zero-order valence-electron chi connectivity index (χ0n) is 18.3. The van der Waals surface area contributed by atoms with Gasteiger partial charge >= 0.3 is 5.97 Å².